The van der Waals surface area contributed by atoms with Crippen molar-refractivity contribution in [3.63, 3.8) is 0 Å². The molecule has 0 bridgehead atoms. The van der Waals surface area contributed by atoms with E-state index in [9.17, 15) is 25.2 Å². The summed E-state index contributed by atoms with van der Waals surface area (Å²) >= 11 is 4.33. The van der Waals surface area contributed by atoms with Crippen LogP contribution in [0.3, 0.4) is 0 Å². The molecule has 0 spiro atoms. The summed E-state index contributed by atoms with van der Waals surface area (Å²) in [5.41, 5.74) is 6.24. The van der Waals surface area contributed by atoms with Crippen molar-refractivity contribution in [1.82, 2.24) is 24.8 Å². The minimum atomic E-state index is -1.28. The van der Waals surface area contributed by atoms with Gasteiger partial charge in [-0.15, -0.1) is 12.6 Å². The minimum Gasteiger partial charge on any atom is -0.394 e. The van der Waals surface area contributed by atoms with E-state index >= 15 is 0 Å². The van der Waals surface area contributed by atoms with Gasteiger partial charge in [0.05, 0.1) is 19.0 Å². The van der Waals surface area contributed by atoms with Gasteiger partial charge in [0.25, 0.3) is 0 Å². The van der Waals surface area contributed by atoms with E-state index in [1.807, 2.05) is 0 Å². The minimum absolute atomic E-state index is 0.233. The number of ether oxygens (including phenoxy) is 1. The van der Waals surface area contributed by atoms with Crippen molar-refractivity contribution in [3.05, 3.63) is 18.5 Å². The number of hydrogen-bond acceptors (Lipinski definition) is 12. The van der Waals surface area contributed by atoms with Crippen LogP contribution in [0.25, 0.3) is 11.2 Å². The van der Waals surface area contributed by atoms with Crippen LogP contribution in [0.5, 0.6) is 0 Å². The van der Waals surface area contributed by atoms with Gasteiger partial charge in [0.2, 0.25) is 11.9 Å². The Morgan fingerprint density at radius 3 is 2.72 bits per heavy atom. The Morgan fingerprint density at radius 2 is 2.06 bits per heavy atom. The fourth-order valence-electron chi connectivity index (χ4n) is 3.09. The molecule has 13 nitrogen and oxygen atoms in total. The Bertz CT molecular complexity index is 971. The van der Waals surface area contributed by atoms with E-state index in [0.29, 0.717) is 22.7 Å². The Balaban J connectivity index is 1.64. The Labute approximate surface area is 188 Å². The van der Waals surface area contributed by atoms with Crippen LogP contribution in [0.15, 0.2) is 23.5 Å². The topological polar surface area (TPSA) is 201 Å². The number of aliphatic hydroxyl groups is 4. The molecular weight excluding hydrogens is 442 g/mol. The van der Waals surface area contributed by atoms with Crippen LogP contribution in [-0.2, 0) is 9.53 Å². The molecule has 2 aromatic rings. The Kier molecular flexibility index (Phi) is 8.00. The summed E-state index contributed by atoms with van der Waals surface area (Å²) in [6, 6.07) is -0.989. The quantitative estimate of drug-likeness (QED) is 0.110. The average molecular weight is 470 g/mol. The van der Waals surface area contributed by atoms with Crippen molar-refractivity contribution in [2.24, 2.45) is 5.73 Å². The predicted molar refractivity (Wildman–Crippen MR) is 116 cm³/mol. The van der Waals surface area contributed by atoms with E-state index < -0.39 is 49.2 Å². The maximum atomic E-state index is 11.7. The predicted octanol–water partition coefficient (Wildman–Crippen LogP) is -2.48. The van der Waals surface area contributed by atoms with Gasteiger partial charge in [-0.25, -0.2) is 9.97 Å². The van der Waals surface area contributed by atoms with Crippen LogP contribution in [0.4, 0.5) is 5.95 Å². The SMILES string of the molecule is CC(O)C(N)C(=O)NC/C=C/CNc1nc(S)c2ncn([C@@H]3O[C@H](CO)C(O)[C@@H]3O)c2n1. The van der Waals surface area contributed by atoms with Crippen LogP contribution in [-0.4, -0.2) is 96.0 Å². The summed E-state index contributed by atoms with van der Waals surface area (Å²) in [4.78, 5) is 24.5. The van der Waals surface area contributed by atoms with E-state index in [0.717, 1.165) is 0 Å². The number of thiol groups is 1. The molecule has 14 heteroatoms. The summed E-state index contributed by atoms with van der Waals surface area (Å²) in [5, 5.41) is 44.7. The highest BCUT2D eigenvalue weighted by Gasteiger charge is 2.44. The zero-order valence-electron chi connectivity index (χ0n) is 17.2. The largest absolute Gasteiger partial charge is 0.394 e. The van der Waals surface area contributed by atoms with Gasteiger partial charge >= 0.3 is 0 Å². The summed E-state index contributed by atoms with van der Waals surface area (Å²) in [5.74, 6) is -0.218. The monoisotopic (exact) mass is 469 g/mol. The number of imidazole rings is 1. The van der Waals surface area contributed by atoms with Gasteiger partial charge in [0, 0.05) is 13.1 Å². The molecule has 8 N–H and O–H groups in total. The van der Waals surface area contributed by atoms with Gasteiger partial charge in [-0.1, -0.05) is 12.2 Å². The summed E-state index contributed by atoms with van der Waals surface area (Å²) in [6.07, 6.45) is -0.555. The summed E-state index contributed by atoms with van der Waals surface area (Å²) in [7, 11) is 0. The van der Waals surface area contributed by atoms with Crippen molar-refractivity contribution in [2.45, 2.75) is 48.6 Å². The number of rotatable bonds is 9. The molecule has 1 saturated heterocycles. The lowest BCUT2D eigenvalue weighted by Gasteiger charge is -2.16. The van der Waals surface area contributed by atoms with Gasteiger partial charge in [-0.2, -0.15) is 4.98 Å². The van der Waals surface area contributed by atoms with Crippen molar-refractivity contribution < 1.29 is 30.0 Å². The van der Waals surface area contributed by atoms with E-state index in [-0.39, 0.29) is 12.5 Å². The second-order valence-corrected chi connectivity index (χ2v) is 7.71. The highest BCUT2D eigenvalue weighted by Crippen LogP contribution is 2.32. The summed E-state index contributed by atoms with van der Waals surface area (Å²) < 4.78 is 6.99. The average Bonchev–Trinajstić information content (AvgIpc) is 3.31. The smallest absolute Gasteiger partial charge is 0.239 e. The number of fused-ring (bicyclic) bond motifs is 1. The first kappa shape index (κ1) is 24.3. The highest BCUT2D eigenvalue weighted by atomic mass is 32.1. The van der Waals surface area contributed by atoms with E-state index in [1.54, 1.807) is 12.2 Å². The van der Waals surface area contributed by atoms with Gasteiger partial charge in [-0.05, 0) is 6.92 Å². The maximum absolute atomic E-state index is 11.7. The molecule has 6 atom stereocenters. The normalized spacial score (nSPS) is 25.3. The molecule has 0 aromatic carbocycles. The molecule has 176 valence electrons. The molecule has 1 aliphatic heterocycles. The number of amides is 1. The molecule has 3 heterocycles. The second kappa shape index (κ2) is 10.5. The molecule has 3 unspecified atom stereocenters. The van der Waals surface area contributed by atoms with Crippen molar-refractivity contribution in [1.29, 1.82) is 0 Å². The van der Waals surface area contributed by atoms with Gasteiger partial charge < -0.3 is 41.5 Å². The standard InChI is InChI=1S/C18H27N7O6S/c1-8(27)10(19)15(30)20-4-2-3-5-21-18-23-14-11(16(32)24-18)22-7-25(14)17-13(29)12(28)9(6-26)31-17/h2-3,7-10,12-13,17,26-29H,4-6,19H2,1H3,(H,20,30)(H2,21,23,24,32)/b3-2+/t8?,9-,10?,12?,13+,17-/m1/s1. The third kappa shape index (κ3) is 5.17. The number of hydrogen-bond donors (Lipinski definition) is 8. The molecule has 1 fully saturated rings. The van der Waals surface area contributed by atoms with E-state index in [4.69, 9.17) is 10.5 Å². The summed E-state index contributed by atoms with van der Waals surface area (Å²) in [6.45, 7) is 1.56. The van der Waals surface area contributed by atoms with Crippen LogP contribution in [0, 0.1) is 0 Å². The van der Waals surface area contributed by atoms with Gasteiger partial charge in [0.15, 0.2) is 11.9 Å². The van der Waals surface area contributed by atoms with E-state index in [1.165, 1.54) is 17.8 Å². The molecule has 1 aliphatic rings. The lowest BCUT2D eigenvalue weighted by Crippen LogP contribution is -2.47. The third-order valence-corrected chi connectivity index (χ3v) is 5.27. The number of nitrogens with one attached hydrogen (secondary N) is 2. The van der Waals surface area contributed by atoms with Crippen LogP contribution in [0.2, 0.25) is 0 Å². The number of nitrogens with zero attached hydrogens (tertiary/aromatic N) is 4. The first-order valence-electron chi connectivity index (χ1n) is 9.90. The van der Waals surface area contributed by atoms with Crippen LogP contribution < -0.4 is 16.4 Å². The zero-order valence-corrected chi connectivity index (χ0v) is 18.1. The zero-order chi connectivity index (χ0) is 23.4. The van der Waals surface area contributed by atoms with Crippen molar-refractivity contribution in [2.75, 3.05) is 25.0 Å². The number of nitrogens with two attached hydrogens (primary N) is 1. The molecule has 1 amide bonds. The molecule has 3 rings (SSSR count). The Morgan fingerprint density at radius 1 is 1.34 bits per heavy atom. The van der Waals surface area contributed by atoms with Crippen LogP contribution >= 0.6 is 12.6 Å². The number of anilines is 1. The van der Waals surface area contributed by atoms with Crippen molar-refractivity contribution in [3.8, 4) is 0 Å². The molecule has 0 aliphatic carbocycles. The fourth-order valence-corrected chi connectivity index (χ4v) is 3.34. The van der Waals surface area contributed by atoms with Crippen molar-refractivity contribution >= 4 is 35.6 Å². The maximum Gasteiger partial charge on any atom is 0.239 e. The lowest BCUT2D eigenvalue weighted by molar-refractivity contribution is -0.124. The fraction of sp³-hybridized carbons (Fsp3) is 0.556. The molecule has 2 aromatic heterocycles. The van der Waals surface area contributed by atoms with Gasteiger partial charge in [0.1, 0.15) is 34.9 Å². The van der Waals surface area contributed by atoms with Crippen LogP contribution in [0.1, 0.15) is 13.2 Å². The number of carbonyl (C=O) groups is 1. The van der Waals surface area contributed by atoms with E-state index in [2.05, 4.69) is 38.2 Å². The number of carbonyl (C=O) groups excluding carboxylic acids is 1. The molecule has 0 radical (unpaired) electrons. The first-order valence-corrected chi connectivity index (χ1v) is 10.4. The number of aromatic nitrogens is 4. The molecule has 32 heavy (non-hydrogen) atoms. The third-order valence-electron chi connectivity index (χ3n) is 4.96. The Hall–Kier alpha value is -2.33. The molecule has 0 saturated carbocycles. The lowest BCUT2D eigenvalue weighted by atomic mass is 10.1. The van der Waals surface area contributed by atoms with Gasteiger partial charge in [-0.3, -0.25) is 9.36 Å². The highest BCUT2D eigenvalue weighted by molar-refractivity contribution is 7.80. The molecular formula is C18H27N7O6S. The number of aliphatic hydroxyl groups excluding tert-OH is 4. The first-order chi connectivity index (χ1) is 15.2. The second-order valence-electron chi connectivity index (χ2n) is 7.29.